The van der Waals surface area contributed by atoms with Gasteiger partial charge in [0.05, 0.1) is 24.4 Å². The normalized spacial score (nSPS) is 21.6. The van der Waals surface area contributed by atoms with Crippen LogP contribution in [-0.4, -0.2) is 58.6 Å². The number of hydrogen-bond acceptors (Lipinski definition) is 3. The summed E-state index contributed by atoms with van der Waals surface area (Å²) in [5, 5.41) is 12.3. The van der Waals surface area contributed by atoms with E-state index in [1.807, 2.05) is 54.6 Å². The minimum atomic E-state index is -0.764. The summed E-state index contributed by atoms with van der Waals surface area (Å²) < 4.78 is 27.4. The Kier molecular flexibility index (Phi) is 5.75. The number of carbonyl (C=O) groups is 2. The van der Waals surface area contributed by atoms with E-state index < -0.39 is 17.7 Å². The van der Waals surface area contributed by atoms with E-state index in [1.54, 1.807) is 4.90 Å². The average molecular weight is 463 g/mol. The fraction of sp³-hybridized carbons (Fsp3) is 0.231. The Morgan fingerprint density at radius 3 is 2.41 bits per heavy atom. The Morgan fingerprint density at radius 1 is 1.00 bits per heavy atom. The highest BCUT2D eigenvalue weighted by Crippen LogP contribution is 2.43. The summed E-state index contributed by atoms with van der Waals surface area (Å²) >= 11 is 0. The zero-order valence-electron chi connectivity index (χ0n) is 18.2. The van der Waals surface area contributed by atoms with E-state index in [0.717, 1.165) is 34.9 Å². The number of anilines is 1. The molecule has 0 unspecified atom stereocenters. The van der Waals surface area contributed by atoms with Gasteiger partial charge in [-0.3, -0.25) is 4.79 Å². The van der Waals surface area contributed by atoms with E-state index in [-0.39, 0.29) is 49.3 Å². The van der Waals surface area contributed by atoms with Crippen molar-refractivity contribution in [1.29, 1.82) is 0 Å². The van der Waals surface area contributed by atoms with Crippen molar-refractivity contribution in [1.82, 2.24) is 9.80 Å². The lowest BCUT2D eigenvalue weighted by Gasteiger charge is -2.58. The fourth-order valence-corrected chi connectivity index (χ4v) is 4.97. The lowest BCUT2D eigenvalue weighted by atomic mass is 9.73. The number of aliphatic hydroxyl groups is 1. The highest BCUT2D eigenvalue weighted by atomic mass is 19.1. The van der Waals surface area contributed by atoms with Gasteiger partial charge in [-0.1, -0.05) is 54.6 Å². The molecular formula is C26H23F2N3O3. The van der Waals surface area contributed by atoms with E-state index in [4.69, 9.17) is 0 Å². The summed E-state index contributed by atoms with van der Waals surface area (Å²) in [4.78, 5) is 28.5. The molecule has 0 saturated carbocycles. The number of aliphatic hydroxyl groups excluding tert-OH is 1. The first-order valence-electron chi connectivity index (χ1n) is 11.0. The Hall–Kier alpha value is -3.78. The van der Waals surface area contributed by atoms with Crippen LogP contribution in [0.1, 0.15) is 11.5 Å². The second-order valence-electron chi connectivity index (χ2n) is 8.57. The van der Waals surface area contributed by atoms with Crippen molar-refractivity contribution in [2.75, 3.05) is 25.0 Å². The molecule has 3 atom stereocenters. The largest absolute Gasteiger partial charge is 0.394 e. The molecule has 0 aliphatic carbocycles. The van der Waals surface area contributed by atoms with Gasteiger partial charge in [-0.25, -0.2) is 13.6 Å². The van der Waals surface area contributed by atoms with Gasteiger partial charge >= 0.3 is 6.03 Å². The summed E-state index contributed by atoms with van der Waals surface area (Å²) in [6, 6.07) is 19.3. The van der Waals surface area contributed by atoms with Crippen LogP contribution in [0.5, 0.6) is 0 Å². The number of amides is 3. The van der Waals surface area contributed by atoms with Crippen molar-refractivity contribution in [3.63, 3.8) is 0 Å². The molecule has 6 nitrogen and oxygen atoms in total. The zero-order chi connectivity index (χ0) is 23.8. The highest BCUT2D eigenvalue weighted by molar-refractivity contribution is 5.94. The molecule has 34 heavy (non-hydrogen) atoms. The van der Waals surface area contributed by atoms with Gasteiger partial charge in [0.25, 0.3) is 0 Å². The van der Waals surface area contributed by atoms with Crippen LogP contribution in [-0.2, 0) is 4.79 Å². The van der Waals surface area contributed by atoms with Crippen molar-refractivity contribution >= 4 is 17.6 Å². The van der Waals surface area contributed by atoms with Crippen molar-refractivity contribution < 1.29 is 23.5 Å². The first-order chi connectivity index (χ1) is 16.5. The predicted molar refractivity (Wildman–Crippen MR) is 123 cm³/mol. The van der Waals surface area contributed by atoms with Gasteiger partial charge in [-0.15, -0.1) is 0 Å². The summed E-state index contributed by atoms with van der Waals surface area (Å²) in [5.74, 6) is -1.89. The van der Waals surface area contributed by atoms with E-state index in [0.29, 0.717) is 0 Å². The molecule has 2 saturated heterocycles. The second kappa shape index (κ2) is 8.87. The Morgan fingerprint density at radius 2 is 1.71 bits per heavy atom. The number of urea groups is 1. The molecule has 0 bridgehead atoms. The Labute approximate surface area is 195 Å². The van der Waals surface area contributed by atoms with Crippen LogP contribution in [0.15, 0.2) is 72.8 Å². The smallest absolute Gasteiger partial charge is 0.322 e. The summed E-state index contributed by atoms with van der Waals surface area (Å²) in [6.07, 6.45) is 0. The van der Waals surface area contributed by atoms with E-state index in [9.17, 15) is 23.5 Å². The van der Waals surface area contributed by atoms with Crippen molar-refractivity contribution in [3.8, 4) is 11.1 Å². The Bertz CT molecular complexity index is 1220. The van der Waals surface area contributed by atoms with Crippen molar-refractivity contribution in [2.45, 2.75) is 18.0 Å². The average Bonchev–Trinajstić information content (AvgIpc) is 2.83. The summed E-state index contributed by atoms with van der Waals surface area (Å²) in [5.41, 5.74) is 2.82. The lowest BCUT2D eigenvalue weighted by molar-refractivity contribution is -0.159. The van der Waals surface area contributed by atoms with Crippen molar-refractivity contribution in [3.05, 3.63) is 90.0 Å². The number of benzene rings is 3. The van der Waals surface area contributed by atoms with Gasteiger partial charge in [0.1, 0.15) is 18.2 Å². The molecule has 3 amide bonds. The maximum atomic E-state index is 14.0. The number of hydrogen-bond donors (Lipinski definition) is 2. The minimum Gasteiger partial charge on any atom is -0.394 e. The first kappa shape index (κ1) is 22.0. The van der Waals surface area contributed by atoms with Gasteiger partial charge in [0.2, 0.25) is 5.91 Å². The van der Waals surface area contributed by atoms with E-state index >= 15 is 0 Å². The summed E-state index contributed by atoms with van der Waals surface area (Å²) in [6.45, 7) is -0.167. The highest BCUT2D eigenvalue weighted by Gasteiger charge is 2.54. The minimum absolute atomic E-state index is 0.153. The number of nitrogens with zero attached hydrogens (tertiary/aromatic N) is 2. The standard InChI is InChI=1S/C26H23F2N3O3/c27-19-10-11-20(28)21(12-19)29-26(34)30-13-22-25(23(15-32)31(22)24(33)14-30)18-8-6-17(7-9-18)16-4-2-1-3-5-16/h1-12,22-23,25,32H,13-15H2,(H,29,34)/t22-,23+,25-/m1/s1. The molecule has 2 aliphatic rings. The van der Waals surface area contributed by atoms with Gasteiger partial charge in [-0.05, 0) is 28.8 Å². The van der Waals surface area contributed by atoms with Gasteiger partial charge < -0.3 is 20.2 Å². The zero-order valence-corrected chi connectivity index (χ0v) is 18.2. The number of piperazine rings is 1. The molecule has 3 aromatic carbocycles. The number of nitrogens with one attached hydrogen (secondary N) is 1. The van der Waals surface area contributed by atoms with Crippen LogP contribution in [0.25, 0.3) is 11.1 Å². The monoisotopic (exact) mass is 463 g/mol. The maximum Gasteiger partial charge on any atom is 0.322 e. The topological polar surface area (TPSA) is 72.9 Å². The quantitative estimate of drug-likeness (QED) is 0.618. The molecule has 174 valence electrons. The number of fused-ring (bicyclic) bond motifs is 1. The first-order valence-corrected chi connectivity index (χ1v) is 11.0. The van der Waals surface area contributed by atoms with Crippen LogP contribution < -0.4 is 5.32 Å². The molecule has 3 aromatic rings. The number of carbonyl (C=O) groups excluding carboxylic acids is 2. The van der Waals surface area contributed by atoms with E-state index in [2.05, 4.69) is 5.32 Å². The molecular weight excluding hydrogens is 440 g/mol. The molecule has 0 aromatic heterocycles. The fourth-order valence-electron chi connectivity index (χ4n) is 4.97. The van der Waals surface area contributed by atoms with Crippen molar-refractivity contribution in [2.24, 2.45) is 0 Å². The summed E-state index contributed by atoms with van der Waals surface area (Å²) in [7, 11) is 0. The molecule has 2 N–H and O–H groups in total. The van der Waals surface area contributed by atoms with Crippen LogP contribution in [0.2, 0.25) is 0 Å². The predicted octanol–water partition coefficient (Wildman–Crippen LogP) is 3.83. The van der Waals surface area contributed by atoms with Crippen LogP contribution in [0.4, 0.5) is 19.3 Å². The van der Waals surface area contributed by atoms with E-state index in [1.165, 1.54) is 4.90 Å². The molecule has 0 radical (unpaired) electrons. The maximum absolute atomic E-state index is 14.0. The van der Waals surface area contributed by atoms with Crippen LogP contribution in [0, 0.1) is 11.6 Å². The van der Waals surface area contributed by atoms with Gasteiger partial charge in [0.15, 0.2) is 0 Å². The second-order valence-corrected chi connectivity index (χ2v) is 8.57. The molecule has 2 fully saturated rings. The SMILES string of the molecule is O=C(Nc1cc(F)ccc1F)N1CC(=O)N2[C@H](C1)[C@@H](c1ccc(-c3ccccc3)cc1)[C@@H]2CO. The third kappa shape index (κ3) is 3.90. The third-order valence-corrected chi connectivity index (χ3v) is 6.61. The van der Waals surface area contributed by atoms with Crippen LogP contribution >= 0.6 is 0 Å². The third-order valence-electron chi connectivity index (χ3n) is 6.61. The molecule has 5 rings (SSSR count). The Balaban J connectivity index is 1.35. The van der Waals surface area contributed by atoms with Gasteiger partial charge in [0, 0.05) is 18.5 Å². The molecule has 2 aliphatic heterocycles. The van der Waals surface area contributed by atoms with Gasteiger partial charge in [-0.2, -0.15) is 0 Å². The molecule has 2 heterocycles. The lowest BCUT2D eigenvalue weighted by Crippen LogP contribution is -2.73. The molecule has 0 spiro atoms. The number of halogens is 2. The number of rotatable bonds is 4. The van der Waals surface area contributed by atoms with Crippen LogP contribution in [0.3, 0.4) is 0 Å². The molecule has 8 heteroatoms.